The van der Waals surface area contributed by atoms with Crippen molar-refractivity contribution in [3.05, 3.63) is 89.0 Å². The Morgan fingerprint density at radius 3 is 2.66 bits per heavy atom. The van der Waals surface area contributed by atoms with E-state index in [1.54, 1.807) is 0 Å². The van der Waals surface area contributed by atoms with Crippen LogP contribution in [0.4, 0.5) is 0 Å². The van der Waals surface area contributed by atoms with Gasteiger partial charge in [-0.2, -0.15) is 0 Å². The first-order valence-electron chi connectivity index (χ1n) is 11.5. The maximum absolute atomic E-state index is 13.3. The number of phenols is 1. The SMILES string of the molecule is CCc1ccc2c(O)c3c(cc2c1)C1(OC(=O)c2ccc4ccccc4c2)CCC3C1C. The van der Waals surface area contributed by atoms with Crippen molar-refractivity contribution in [2.24, 2.45) is 5.92 Å². The Hall–Kier alpha value is -3.33. The fraction of sp³-hybridized carbons (Fsp3) is 0.276. The first-order chi connectivity index (χ1) is 15.5. The number of hydrogen-bond donors (Lipinski definition) is 1. The van der Waals surface area contributed by atoms with Gasteiger partial charge in [0.15, 0.2) is 0 Å². The van der Waals surface area contributed by atoms with Crippen LogP contribution in [0.1, 0.15) is 59.7 Å². The smallest absolute Gasteiger partial charge is 0.339 e. The summed E-state index contributed by atoms with van der Waals surface area (Å²) >= 11 is 0. The van der Waals surface area contributed by atoms with Crippen molar-refractivity contribution in [3.8, 4) is 5.75 Å². The molecule has 2 bridgehead atoms. The van der Waals surface area contributed by atoms with E-state index in [0.29, 0.717) is 11.3 Å². The minimum absolute atomic E-state index is 0.135. The fourth-order valence-electron chi connectivity index (χ4n) is 6.08. The summed E-state index contributed by atoms with van der Waals surface area (Å²) in [4.78, 5) is 13.3. The molecule has 3 nitrogen and oxygen atoms in total. The summed E-state index contributed by atoms with van der Waals surface area (Å²) in [6, 6.07) is 22.2. The third-order valence-corrected chi connectivity index (χ3v) is 7.88. The number of carbonyl (C=O) groups excluding carboxylic acids is 1. The number of aromatic hydroxyl groups is 1. The van der Waals surface area contributed by atoms with E-state index in [1.165, 1.54) is 5.56 Å². The summed E-state index contributed by atoms with van der Waals surface area (Å²) in [5, 5.41) is 15.2. The van der Waals surface area contributed by atoms with E-state index < -0.39 is 5.60 Å². The largest absolute Gasteiger partial charge is 0.507 e. The molecule has 1 fully saturated rings. The van der Waals surface area contributed by atoms with Crippen molar-refractivity contribution < 1.29 is 14.6 Å². The highest BCUT2D eigenvalue weighted by molar-refractivity contribution is 5.96. The number of fused-ring (bicyclic) bond motifs is 7. The molecule has 0 aliphatic heterocycles. The van der Waals surface area contributed by atoms with Crippen LogP contribution in [-0.2, 0) is 16.8 Å². The van der Waals surface area contributed by atoms with Crippen LogP contribution in [0.5, 0.6) is 5.75 Å². The van der Waals surface area contributed by atoms with Crippen molar-refractivity contribution in [2.75, 3.05) is 0 Å². The van der Waals surface area contributed by atoms with Gasteiger partial charge in [0.2, 0.25) is 0 Å². The summed E-state index contributed by atoms with van der Waals surface area (Å²) < 4.78 is 6.37. The van der Waals surface area contributed by atoms with Crippen LogP contribution in [0, 0.1) is 5.92 Å². The van der Waals surface area contributed by atoms with Crippen LogP contribution in [-0.4, -0.2) is 11.1 Å². The number of benzene rings is 4. The van der Waals surface area contributed by atoms with Gasteiger partial charge in [-0.25, -0.2) is 4.79 Å². The zero-order valence-electron chi connectivity index (χ0n) is 18.4. The Labute approximate surface area is 187 Å². The molecule has 32 heavy (non-hydrogen) atoms. The molecule has 3 heteroatoms. The number of esters is 1. The first kappa shape index (κ1) is 19.4. The van der Waals surface area contributed by atoms with Gasteiger partial charge in [0.05, 0.1) is 5.56 Å². The standard InChI is InChI=1S/C29H26O3/c1-3-18-8-11-24-22(14-18)16-25-26(27(24)30)23-12-13-29(25,17(23)2)32-28(31)21-10-9-19-6-4-5-7-20(19)15-21/h4-11,14-17,23,30H,3,12-13H2,1-2H3. The fourth-order valence-corrected chi connectivity index (χ4v) is 6.08. The second-order valence-electron chi connectivity index (χ2n) is 9.37. The van der Waals surface area contributed by atoms with Gasteiger partial charge in [0.25, 0.3) is 0 Å². The normalized spacial score (nSPS) is 23.6. The predicted molar refractivity (Wildman–Crippen MR) is 127 cm³/mol. The van der Waals surface area contributed by atoms with E-state index in [9.17, 15) is 9.90 Å². The maximum Gasteiger partial charge on any atom is 0.339 e. The molecule has 160 valence electrons. The quantitative estimate of drug-likeness (QED) is 0.368. The lowest BCUT2D eigenvalue weighted by Crippen LogP contribution is -2.33. The van der Waals surface area contributed by atoms with Crippen molar-refractivity contribution in [3.63, 3.8) is 0 Å². The van der Waals surface area contributed by atoms with Gasteiger partial charge in [0.1, 0.15) is 11.4 Å². The molecule has 1 N–H and O–H groups in total. The minimum atomic E-state index is -0.684. The Morgan fingerprint density at radius 2 is 1.84 bits per heavy atom. The van der Waals surface area contributed by atoms with Crippen molar-refractivity contribution in [1.29, 1.82) is 0 Å². The molecule has 2 aliphatic carbocycles. The van der Waals surface area contributed by atoms with E-state index >= 15 is 0 Å². The molecule has 2 aliphatic rings. The van der Waals surface area contributed by atoms with Crippen molar-refractivity contribution in [1.82, 2.24) is 0 Å². The van der Waals surface area contributed by atoms with Gasteiger partial charge < -0.3 is 9.84 Å². The van der Waals surface area contributed by atoms with Gasteiger partial charge in [-0.3, -0.25) is 0 Å². The zero-order valence-corrected chi connectivity index (χ0v) is 18.4. The van der Waals surface area contributed by atoms with E-state index in [4.69, 9.17) is 4.74 Å². The number of hydrogen-bond acceptors (Lipinski definition) is 3. The maximum atomic E-state index is 13.3. The summed E-state index contributed by atoms with van der Waals surface area (Å²) in [7, 11) is 0. The number of rotatable bonds is 3. The van der Waals surface area contributed by atoms with Crippen LogP contribution in [0.3, 0.4) is 0 Å². The van der Waals surface area contributed by atoms with Crippen LogP contribution in [0.15, 0.2) is 66.7 Å². The van der Waals surface area contributed by atoms with Crippen molar-refractivity contribution in [2.45, 2.75) is 44.6 Å². The third-order valence-electron chi connectivity index (χ3n) is 7.88. The Bertz CT molecular complexity index is 1400. The third kappa shape index (κ3) is 2.57. The van der Waals surface area contributed by atoms with Gasteiger partial charge in [-0.15, -0.1) is 0 Å². The summed E-state index contributed by atoms with van der Waals surface area (Å²) in [5.74, 6) is 0.415. The van der Waals surface area contributed by atoms with Gasteiger partial charge >= 0.3 is 5.97 Å². The summed E-state index contributed by atoms with van der Waals surface area (Å²) in [6.07, 6.45) is 2.66. The van der Waals surface area contributed by atoms with E-state index in [-0.39, 0.29) is 17.8 Å². The zero-order chi connectivity index (χ0) is 22.0. The minimum Gasteiger partial charge on any atom is -0.507 e. The lowest BCUT2D eigenvalue weighted by Gasteiger charge is -2.32. The molecular formula is C29H26O3. The average Bonchev–Trinajstić information content (AvgIpc) is 3.25. The highest BCUT2D eigenvalue weighted by Crippen LogP contribution is 2.64. The number of aryl methyl sites for hydroxylation is 1. The number of carbonyl (C=O) groups is 1. The lowest BCUT2D eigenvalue weighted by atomic mass is 9.85. The molecule has 0 amide bonds. The Balaban J connectivity index is 1.46. The molecule has 4 aromatic rings. The lowest BCUT2D eigenvalue weighted by molar-refractivity contribution is -0.0355. The molecular weight excluding hydrogens is 396 g/mol. The summed E-state index contributed by atoms with van der Waals surface area (Å²) in [5.41, 5.74) is 3.09. The van der Waals surface area contributed by atoms with E-state index in [2.05, 4.69) is 32.0 Å². The second kappa shape index (κ2) is 6.83. The Morgan fingerprint density at radius 1 is 1.03 bits per heavy atom. The van der Waals surface area contributed by atoms with Crippen LogP contribution >= 0.6 is 0 Å². The Kier molecular flexibility index (Phi) is 4.13. The van der Waals surface area contributed by atoms with Crippen LogP contribution < -0.4 is 0 Å². The molecule has 0 saturated heterocycles. The highest BCUT2D eigenvalue weighted by atomic mass is 16.6. The molecule has 6 rings (SSSR count). The molecule has 3 atom stereocenters. The molecule has 0 spiro atoms. The van der Waals surface area contributed by atoms with Crippen LogP contribution in [0.25, 0.3) is 21.5 Å². The first-order valence-corrected chi connectivity index (χ1v) is 11.5. The average molecular weight is 423 g/mol. The van der Waals surface area contributed by atoms with Crippen molar-refractivity contribution >= 4 is 27.5 Å². The molecule has 3 unspecified atom stereocenters. The molecule has 0 aromatic heterocycles. The number of ether oxygens (including phenoxy) is 1. The molecule has 4 aromatic carbocycles. The molecule has 1 saturated carbocycles. The van der Waals surface area contributed by atoms with E-state index in [1.807, 2.05) is 48.5 Å². The topological polar surface area (TPSA) is 46.5 Å². The number of phenolic OH excluding ortho intramolecular Hbond substituents is 1. The van der Waals surface area contributed by atoms with Gasteiger partial charge in [-0.05, 0) is 65.1 Å². The predicted octanol–water partition coefficient (Wildman–Crippen LogP) is 6.84. The van der Waals surface area contributed by atoms with Gasteiger partial charge in [0, 0.05) is 22.4 Å². The summed E-state index contributed by atoms with van der Waals surface area (Å²) in [6.45, 7) is 4.29. The highest BCUT2D eigenvalue weighted by Gasteiger charge is 2.59. The molecule has 0 radical (unpaired) electrons. The van der Waals surface area contributed by atoms with Crippen LogP contribution in [0.2, 0.25) is 0 Å². The molecule has 0 heterocycles. The second-order valence-corrected chi connectivity index (χ2v) is 9.37. The van der Waals surface area contributed by atoms with E-state index in [0.717, 1.165) is 51.9 Å². The monoisotopic (exact) mass is 422 g/mol. The van der Waals surface area contributed by atoms with Gasteiger partial charge in [-0.1, -0.05) is 62.4 Å².